The zero-order valence-electron chi connectivity index (χ0n) is 27.6. The average molecular weight is 613 g/mol. The van der Waals surface area contributed by atoms with E-state index in [9.17, 15) is 9.90 Å². The van der Waals surface area contributed by atoms with Crippen LogP contribution in [0.4, 0.5) is 0 Å². The van der Waals surface area contributed by atoms with E-state index >= 15 is 0 Å². The minimum atomic E-state index is -2.25. The summed E-state index contributed by atoms with van der Waals surface area (Å²) in [5, 5.41) is 10.8. The SMILES string of the molecule is C=C1C[C@H](C)C[C@@H]2CC=C[C@@H](C/C=C\C(=O)O[C@H](C(/C=C/[C@@H]3CC(C)=CCO3)O[Si](C)(C)C(C)(C)C)C/C=C/[C@@H](O)C1)O2. The second-order valence-electron chi connectivity index (χ2n) is 14.2. The minimum Gasteiger partial charge on any atom is -0.456 e. The quantitative estimate of drug-likeness (QED) is 0.193. The summed E-state index contributed by atoms with van der Waals surface area (Å²) in [6, 6.07) is 0. The van der Waals surface area contributed by atoms with Crippen LogP contribution in [-0.4, -0.2) is 62.6 Å². The molecule has 0 aliphatic carbocycles. The van der Waals surface area contributed by atoms with Crippen LogP contribution in [0.25, 0.3) is 0 Å². The third kappa shape index (κ3) is 12.1. The highest BCUT2D eigenvalue weighted by Crippen LogP contribution is 2.38. The van der Waals surface area contributed by atoms with E-state index in [1.807, 2.05) is 18.2 Å². The van der Waals surface area contributed by atoms with Crippen LogP contribution < -0.4 is 0 Å². The summed E-state index contributed by atoms with van der Waals surface area (Å²) in [5.74, 6) is -0.00889. The molecule has 3 rings (SSSR count). The van der Waals surface area contributed by atoms with Crippen LogP contribution in [0.15, 0.2) is 72.4 Å². The summed E-state index contributed by atoms with van der Waals surface area (Å²) in [7, 11) is -2.25. The molecular formula is C36H56O6Si. The molecule has 0 saturated heterocycles. The molecule has 6 nitrogen and oxygen atoms in total. The molecule has 3 heterocycles. The van der Waals surface area contributed by atoms with Gasteiger partial charge in [-0.25, -0.2) is 4.79 Å². The zero-order valence-corrected chi connectivity index (χ0v) is 28.6. The standard InChI is InChI=1S/C36H56O6Si/c1-26-20-21-39-31(24-26)18-19-34(42-43(7,8)36(4,5)6)33-16-9-12-29(37)23-27(2)22-28(3)25-32-15-10-13-30(40-32)14-11-17-35(38)41-33/h9-13,17-20,28-34,37H,2,14-16,21-25H2,1,3-8H3/b12-9+,17-11-,19-18+/t28-,29+,30-,31+,32-,33-,34?/m0/s1. The lowest BCUT2D eigenvalue weighted by Crippen LogP contribution is -2.47. The van der Waals surface area contributed by atoms with E-state index < -0.39 is 32.6 Å². The number of aliphatic hydroxyl groups is 1. The van der Waals surface area contributed by atoms with Crippen molar-refractivity contribution in [2.24, 2.45) is 5.92 Å². The lowest BCUT2D eigenvalue weighted by Gasteiger charge is -2.40. The van der Waals surface area contributed by atoms with Crippen LogP contribution in [0.2, 0.25) is 18.1 Å². The molecule has 3 aliphatic rings. The predicted molar refractivity (Wildman–Crippen MR) is 177 cm³/mol. The Balaban J connectivity index is 1.89. The molecule has 1 unspecified atom stereocenters. The Labute approximate surface area is 261 Å². The van der Waals surface area contributed by atoms with Gasteiger partial charge >= 0.3 is 5.97 Å². The van der Waals surface area contributed by atoms with Gasteiger partial charge in [-0.3, -0.25) is 0 Å². The van der Waals surface area contributed by atoms with E-state index in [4.69, 9.17) is 18.6 Å². The smallest absolute Gasteiger partial charge is 0.330 e. The van der Waals surface area contributed by atoms with Crippen LogP contribution in [0.5, 0.6) is 0 Å². The highest BCUT2D eigenvalue weighted by molar-refractivity contribution is 6.74. The van der Waals surface area contributed by atoms with Gasteiger partial charge in [-0.1, -0.05) is 94.0 Å². The maximum absolute atomic E-state index is 13.2. The number of carbonyl (C=O) groups is 1. The number of carbonyl (C=O) groups excluding carboxylic acids is 1. The van der Waals surface area contributed by atoms with Crippen molar-refractivity contribution in [2.75, 3.05) is 6.61 Å². The molecular weight excluding hydrogens is 556 g/mol. The van der Waals surface area contributed by atoms with Crippen molar-refractivity contribution in [1.29, 1.82) is 0 Å². The molecule has 7 heteroatoms. The van der Waals surface area contributed by atoms with Gasteiger partial charge in [0.15, 0.2) is 8.32 Å². The number of ether oxygens (including phenoxy) is 3. The van der Waals surface area contributed by atoms with Crippen molar-refractivity contribution < 1.29 is 28.5 Å². The fourth-order valence-electron chi connectivity index (χ4n) is 5.48. The number of hydrogen-bond donors (Lipinski definition) is 1. The van der Waals surface area contributed by atoms with E-state index in [0.29, 0.717) is 31.8 Å². The fraction of sp³-hybridized carbons (Fsp3) is 0.639. The number of rotatable bonds is 5. The van der Waals surface area contributed by atoms with Crippen molar-refractivity contribution >= 4 is 14.3 Å². The molecule has 7 atom stereocenters. The summed E-state index contributed by atoms with van der Waals surface area (Å²) in [6.45, 7) is 20.2. The fourth-order valence-corrected chi connectivity index (χ4v) is 6.75. The molecule has 43 heavy (non-hydrogen) atoms. The van der Waals surface area contributed by atoms with Gasteiger partial charge in [-0.05, 0) is 69.5 Å². The summed E-state index contributed by atoms with van der Waals surface area (Å²) in [6.07, 6.45) is 20.8. The molecule has 1 N–H and O–H groups in total. The summed E-state index contributed by atoms with van der Waals surface area (Å²) >= 11 is 0. The molecule has 0 aromatic carbocycles. The minimum absolute atomic E-state index is 0.0336. The van der Waals surface area contributed by atoms with E-state index in [-0.39, 0.29) is 23.4 Å². The molecule has 3 aliphatic heterocycles. The van der Waals surface area contributed by atoms with Crippen LogP contribution >= 0.6 is 0 Å². The topological polar surface area (TPSA) is 74.2 Å². The summed E-state index contributed by atoms with van der Waals surface area (Å²) in [4.78, 5) is 13.2. The monoisotopic (exact) mass is 612 g/mol. The molecule has 0 saturated carbocycles. The zero-order chi connectivity index (χ0) is 31.6. The first-order valence-corrected chi connectivity index (χ1v) is 19.0. The first kappa shape index (κ1) is 35.4. The molecule has 240 valence electrons. The third-order valence-corrected chi connectivity index (χ3v) is 13.4. The van der Waals surface area contributed by atoms with E-state index in [1.54, 1.807) is 6.08 Å². The maximum atomic E-state index is 13.2. The first-order valence-electron chi connectivity index (χ1n) is 16.1. The Hall–Kier alpha value is -2.03. The lowest BCUT2D eigenvalue weighted by atomic mass is 9.91. The van der Waals surface area contributed by atoms with E-state index in [0.717, 1.165) is 31.3 Å². The van der Waals surface area contributed by atoms with Crippen LogP contribution in [0.1, 0.15) is 79.6 Å². The van der Waals surface area contributed by atoms with E-state index in [1.165, 1.54) is 11.6 Å². The van der Waals surface area contributed by atoms with Crippen molar-refractivity contribution in [2.45, 2.75) is 134 Å². The Morgan fingerprint density at radius 3 is 2.56 bits per heavy atom. The molecule has 0 fully saturated rings. The van der Waals surface area contributed by atoms with Crippen LogP contribution in [0.3, 0.4) is 0 Å². The van der Waals surface area contributed by atoms with Gasteiger partial charge in [-0.15, -0.1) is 0 Å². The van der Waals surface area contributed by atoms with Gasteiger partial charge in [0.1, 0.15) is 12.2 Å². The van der Waals surface area contributed by atoms with Crippen LogP contribution in [0, 0.1) is 5.92 Å². The molecule has 0 spiro atoms. The third-order valence-electron chi connectivity index (χ3n) is 8.92. The highest BCUT2D eigenvalue weighted by Gasteiger charge is 2.41. The normalized spacial score (nSPS) is 32.8. The Morgan fingerprint density at radius 2 is 1.84 bits per heavy atom. The van der Waals surface area contributed by atoms with Gasteiger partial charge in [0, 0.05) is 12.5 Å². The largest absolute Gasteiger partial charge is 0.456 e. The molecule has 0 amide bonds. The highest BCUT2D eigenvalue weighted by atomic mass is 28.4. The number of fused-ring (bicyclic) bond motifs is 2. The van der Waals surface area contributed by atoms with Gasteiger partial charge in [0.25, 0.3) is 0 Å². The van der Waals surface area contributed by atoms with Gasteiger partial charge in [0.2, 0.25) is 0 Å². The second-order valence-corrected chi connectivity index (χ2v) is 18.9. The van der Waals surface area contributed by atoms with Crippen molar-refractivity contribution in [1.82, 2.24) is 0 Å². The molecule has 0 aromatic heterocycles. The summed E-state index contributed by atoms with van der Waals surface area (Å²) in [5.41, 5.74) is 2.32. The maximum Gasteiger partial charge on any atom is 0.330 e. The number of esters is 1. The van der Waals surface area contributed by atoms with Crippen molar-refractivity contribution in [3.05, 3.63) is 72.4 Å². The first-order chi connectivity index (χ1) is 20.2. The molecule has 0 radical (unpaired) electrons. The number of hydrogen-bond acceptors (Lipinski definition) is 6. The predicted octanol–water partition coefficient (Wildman–Crippen LogP) is 7.92. The summed E-state index contributed by atoms with van der Waals surface area (Å²) < 4.78 is 25.3. The molecule has 2 bridgehead atoms. The van der Waals surface area contributed by atoms with Crippen molar-refractivity contribution in [3.8, 4) is 0 Å². The second kappa shape index (κ2) is 16.3. The number of aliphatic hydroxyl groups excluding tert-OH is 1. The van der Waals surface area contributed by atoms with Gasteiger partial charge in [-0.2, -0.15) is 0 Å². The molecule has 0 aromatic rings. The Kier molecular flexibility index (Phi) is 13.5. The lowest BCUT2D eigenvalue weighted by molar-refractivity contribution is -0.146. The Bertz CT molecular complexity index is 1080. The van der Waals surface area contributed by atoms with Gasteiger partial charge < -0.3 is 23.7 Å². The van der Waals surface area contributed by atoms with E-state index in [2.05, 4.69) is 78.6 Å². The Morgan fingerprint density at radius 1 is 1.09 bits per heavy atom. The van der Waals surface area contributed by atoms with Gasteiger partial charge in [0.05, 0.1) is 31.0 Å². The number of cyclic esters (lactones) is 1. The van der Waals surface area contributed by atoms with Crippen molar-refractivity contribution in [3.63, 3.8) is 0 Å². The van der Waals surface area contributed by atoms with Crippen LogP contribution in [-0.2, 0) is 23.4 Å². The average Bonchev–Trinajstić information content (AvgIpc) is 2.89.